The number of pyridine rings is 1. The van der Waals surface area contributed by atoms with Crippen molar-refractivity contribution in [2.24, 2.45) is 0 Å². The summed E-state index contributed by atoms with van der Waals surface area (Å²) < 4.78 is 1.86. The molecule has 3 aromatic rings. The van der Waals surface area contributed by atoms with E-state index in [1.54, 1.807) is 6.20 Å². The van der Waals surface area contributed by atoms with Gasteiger partial charge in [-0.15, -0.1) is 0 Å². The van der Waals surface area contributed by atoms with E-state index >= 15 is 0 Å². The number of anilines is 2. The average molecular weight is 404 g/mol. The highest BCUT2D eigenvalue weighted by atomic mass is 79.9. The van der Waals surface area contributed by atoms with E-state index in [2.05, 4.69) is 78.6 Å². The predicted octanol–water partition coefficient (Wildman–Crippen LogP) is 6.02. The minimum atomic E-state index is 0.797. The number of aromatic nitrogens is 1. The smallest absolute Gasteiger partial charge is 0.144 e. The Morgan fingerprint density at radius 2 is 1.48 bits per heavy atom. The summed E-state index contributed by atoms with van der Waals surface area (Å²) in [5.41, 5.74) is 3.42. The average Bonchev–Trinajstić information content (AvgIpc) is 2.52. The van der Waals surface area contributed by atoms with Gasteiger partial charge < -0.3 is 5.32 Å². The first-order chi connectivity index (χ1) is 10.2. The van der Waals surface area contributed by atoms with Crippen LogP contribution in [0.25, 0.3) is 11.1 Å². The second kappa shape index (κ2) is 6.41. The van der Waals surface area contributed by atoms with Crippen molar-refractivity contribution < 1.29 is 0 Å². The van der Waals surface area contributed by atoms with Crippen LogP contribution >= 0.6 is 31.9 Å². The molecule has 0 aliphatic rings. The lowest BCUT2D eigenvalue weighted by Gasteiger charge is -2.09. The van der Waals surface area contributed by atoms with Crippen molar-refractivity contribution in [2.75, 3.05) is 5.32 Å². The van der Waals surface area contributed by atoms with Crippen LogP contribution in [0.3, 0.4) is 0 Å². The Labute approximate surface area is 140 Å². The van der Waals surface area contributed by atoms with Crippen molar-refractivity contribution in [2.45, 2.75) is 0 Å². The molecule has 104 valence electrons. The van der Waals surface area contributed by atoms with Gasteiger partial charge in [-0.1, -0.05) is 42.5 Å². The van der Waals surface area contributed by atoms with Gasteiger partial charge in [0.25, 0.3) is 0 Å². The normalized spacial score (nSPS) is 10.4. The highest BCUT2D eigenvalue weighted by Gasteiger charge is 2.03. The zero-order chi connectivity index (χ0) is 14.7. The Bertz CT molecular complexity index is 740. The Hall–Kier alpha value is -1.65. The van der Waals surface area contributed by atoms with Gasteiger partial charge in [-0.3, -0.25) is 0 Å². The van der Waals surface area contributed by atoms with Crippen LogP contribution in [0.1, 0.15) is 0 Å². The van der Waals surface area contributed by atoms with Crippen molar-refractivity contribution in [3.05, 3.63) is 75.8 Å². The highest BCUT2D eigenvalue weighted by molar-refractivity contribution is 9.11. The van der Waals surface area contributed by atoms with Gasteiger partial charge in [0, 0.05) is 16.4 Å². The fourth-order valence-electron chi connectivity index (χ4n) is 2.02. The Balaban J connectivity index is 1.81. The lowest BCUT2D eigenvalue weighted by molar-refractivity contribution is 1.27. The molecule has 1 heterocycles. The van der Waals surface area contributed by atoms with Crippen LogP contribution in [-0.2, 0) is 0 Å². The van der Waals surface area contributed by atoms with Gasteiger partial charge in [0.2, 0.25) is 0 Å². The number of halogens is 2. The van der Waals surface area contributed by atoms with Crippen LogP contribution in [0, 0.1) is 0 Å². The third kappa shape index (κ3) is 3.52. The summed E-state index contributed by atoms with van der Waals surface area (Å²) in [5.74, 6) is 0.797. The molecule has 0 bridgehead atoms. The summed E-state index contributed by atoms with van der Waals surface area (Å²) in [7, 11) is 0. The molecule has 1 aromatic heterocycles. The summed E-state index contributed by atoms with van der Waals surface area (Å²) in [6.45, 7) is 0. The second-order valence-corrected chi connectivity index (χ2v) is 6.32. The zero-order valence-electron chi connectivity index (χ0n) is 11.1. The molecule has 4 heteroatoms. The van der Waals surface area contributed by atoms with E-state index in [1.165, 1.54) is 11.1 Å². The molecule has 0 aliphatic heterocycles. The SMILES string of the molecule is Brc1cnc(Nc2ccc(-c3ccccc3)cc2)c(Br)c1. The summed E-state index contributed by atoms with van der Waals surface area (Å²) in [6, 6.07) is 20.6. The fraction of sp³-hybridized carbons (Fsp3) is 0. The number of nitrogens with zero attached hydrogens (tertiary/aromatic N) is 1. The number of rotatable bonds is 3. The molecule has 0 spiro atoms. The molecular weight excluding hydrogens is 392 g/mol. The molecule has 0 saturated heterocycles. The summed E-state index contributed by atoms with van der Waals surface area (Å²) >= 11 is 6.90. The summed E-state index contributed by atoms with van der Waals surface area (Å²) in [5, 5.41) is 3.30. The Kier molecular flexibility index (Phi) is 4.36. The van der Waals surface area contributed by atoms with Crippen molar-refractivity contribution in [1.82, 2.24) is 4.98 Å². The topological polar surface area (TPSA) is 24.9 Å². The van der Waals surface area contributed by atoms with Gasteiger partial charge in [-0.2, -0.15) is 0 Å². The Morgan fingerprint density at radius 3 is 2.14 bits per heavy atom. The van der Waals surface area contributed by atoms with E-state index in [4.69, 9.17) is 0 Å². The lowest BCUT2D eigenvalue weighted by atomic mass is 10.1. The van der Waals surface area contributed by atoms with E-state index in [0.29, 0.717) is 0 Å². The van der Waals surface area contributed by atoms with E-state index in [-0.39, 0.29) is 0 Å². The standard InChI is InChI=1S/C17H12Br2N2/c18-14-10-16(19)17(20-11-14)21-15-8-6-13(7-9-15)12-4-2-1-3-5-12/h1-11H,(H,20,21). The zero-order valence-corrected chi connectivity index (χ0v) is 14.2. The van der Waals surface area contributed by atoms with E-state index in [0.717, 1.165) is 20.5 Å². The minimum absolute atomic E-state index is 0.797. The van der Waals surface area contributed by atoms with Gasteiger partial charge in [0.15, 0.2) is 0 Å². The quantitative estimate of drug-likeness (QED) is 0.578. The van der Waals surface area contributed by atoms with Crippen LogP contribution in [0.15, 0.2) is 75.8 Å². The molecule has 2 aromatic carbocycles. The van der Waals surface area contributed by atoms with Crippen LogP contribution < -0.4 is 5.32 Å². The molecule has 2 nitrogen and oxygen atoms in total. The van der Waals surface area contributed by atoms with Crippen LogP contribution in [-0.4, -0.2) is 4.98 Å². The van der Waals surface area contributed by atoms with Gasteiger partial charge in [-0.25, -0.2) is 4.98 Å². The maximum absolute atomic E-state index is 4.35. The first kappa shape index (κ1) is 14.3. The second-order valence-electron chi connectivity index (χ2n) is 4.55. The molecule has 0 amide bonds. The molecule has 21 heavy (non-hydrogen) atoms. The molecule has 1 N–H and O–H groups in total. The van der Waals surface area contributed by atoms with Gasteiger partial charge in [0.1, 0.15) is 5.82 Å². The molecule has 3 rings (SSSR count). The van der Waals surface area contributed by atoms with Crippen molar-refractivity contribution >= 4 is 43.4 Å². The number of hydrogen-bond acceptors (Lipinski definition) is 2. The Morgan fingerprint density at radius 1 is 0.810 bits per heavy atom. The molecule has 0 unspecified atom stereocenters. The maximum Gasteiger partial charge on any atom is 0.144 e. The van der Waals surface area contributed by atoms with Crippen molar-refractivity contribution in [3.63, 3.8) is 0 Å². The van der Waals surface area contributed by atoms with E-state index in [1.807, 2.05) is 24.3 Å². The molecule has 0 saturated carbocycles. The fourth-order valence-corrected chi connectivity index (χ4v) is 3.11. The molecule has 0 atom stereocenters. The number of benzene rings is 2. The van der Waals surface area contributed by atoms with Crippen molar-refractivity contribution in [3.8, 4) is 11.1 Å². The molecule has 0 radical (unpaired) electrons. The third-order valence-corrected chi connectivity index (χ3v) is 4.10. The highest BCUT2D eigenvalue weighted by Crippen LogP contribution is 2.27. The maximum atomic E-state index is 4.35. The van der Waals surface area contributed by atoms with Crippen molar-refractivity contribution in [1.29, 1.82) is 0 Å². The van der Waals surface area contributed by atoms with Crippen LogP contribution in [0.5, 0.6) is 0 Å². The first-order valence-corrected chi connectivity index (χ1v) is 8.04. The molecular formula is C17H12Br2N2. The number of nitrogens with one attached hydrogen (secondary N) is 1. The predicted molar refractivity (Wildman–Crippen MR) is 94.8 cm³/mol. The minimum Gasteiger partial charge on any atom is -0.339 e. The number of hydrogen-bond donors (Lipinski definition) is 1. The van der Waals surface area contributed by atoms with E-state index in [9.17, 15) is 0 Å². The summed E-state index contributed by atoms with van der Waals surface area (Å²) in [6.07, 6.45) is 1.77. The van der Waals surface area contributed by atoms with E-state index < -0.39 is 0 Å². The van der Waals surface area contributed by atoms with Gasteiger partial charge >= 0.3 is 0 Å². The van der Waals surface area contributed by atoms with Crippen LogP contribution in [0.2, 0.25) is 0 Å². The largest absolute Gasteiger partial charge is 0.339 e. The lowest BCUT2D eigenvalue weighted by Crippen LogP contribution is -1.94. The summed E-state index contributed by atoms with van der Waals surface area (Å²) in [4.78, 5) is 4.35. The van der Waals surface area contributed by atoms with Gasteiger partial charge in [0.05, 0.1) is 4.47 Å². The molecule has 0 aliphatic carbocycles. The first-order valence-electron chi connectivity index (χ1n) is 6.46. The molecule has 0 fully saturated rings. The monoisotopic (exact) mass is 402 g/mol. The third-order valence-electron chi connectivity index (χ3n) is 3.06. The van der Waals surface area contributed by atoms with Gasteiger partial charge in [-0.05, 0) is 61.2 Å². The van der Waals surface area contributed by atoms with Crippen LogP contribution in [0.4, 0.5) is 11.5 Å².